The summed E-state index contributed by atoms with van der Waals surface area (Å²) in [7, 11) is 2.23. The normalized spacial score (nSPS) is 33.4. The maximum absolute atomic E-state index is 3.84. The highest BCUT2D eigenvalue weighted by atomic mass is 15.2. The summed E-state index contributed by atoms with van der Waals surface area (Å²) in [5, 5.41) is 3.84. The Labute approximate surface area is 94.4 Å². The Bertz CT molecular complexity index is 203. The fourth-order valence-electron chi connectivity index (χ4n) is 2.97. The van der Waals surface area contributed by atoms with E-state index in [-0.39, 0.29) is 0 Å². The largest absolute Gasteiger partial charge is 0.310 e. The van der Waals surface area contributed by atoms with Gasteiger partial charge in [-0.3, -0.25) is 0 Å². The highest BCUT2D eigenvalue weighted by Gasteiger charge is 2.29. The minimum absolute atomic E-state index is 0.602. The van der Waals surface area contributed by atoms with Gasteiger partial charge >= 0.3 is 0 Å². The zero-order chi connectivity index (χ0) is 10.9. The maximum Gasteiger partial charge on any atom is 0.0209 e. The highest BCUT2D eigenvalue weighted by Crippen LogP contribution is 2.35. The zero-order valence-electron chi connectivity index (χ0n) is 10.6. The summed E-state index contributed by atoms with van der Waals surface area (Å²) < 4.78 is 0. The van der Waals surface area contributed by atoms with Crippen LogP contribution in [0.1, 0.15) is 46.0 Å². The first kappa shape index (κ1) is 11.4. The molecule has 1 N–H and O–H groups in total. The van der Waals surface area contributed by atoms with Crippen molar-refractivity contribution in [1.29, 1.82) is 0 Å². The lowest BCUT2D eigenvalue weighted by molar-refractivity contribution is 0.198. The third-order valence-corrected chi connectivity index (χ3v) is 4.20. The minimum atomic E-state index is 0.602. The Morgan fingerprint density at radius 2 is 1.73 bits per heavy atom. The van der Waals surface area contributed by atoms with Crippen molar-refractivity contribution in [2.45, 2.75) is 58.0 Å². The summed E-state index contributed by atoms with van der Waals surface area (Å²) in [5.41, 5.74) is 0.602. The van der Waals surface area contributed by atoms with E-state index in [0.29, 0.717) is 5.41 Å². The summed E-state index contributed by atoms with van der Waals surface area (Å²) in [6.07, 6.45) is 6.90. The fourth-order valence-corrected chi connectivity index (χ4v) is 2.97. The van der Waals surface area contributed by atoms with Crippen LogP contribution in [0, 0.1) is 5.41 Å². The SMILES string of the molecule is CN1CC[C@@H](NC2CCC(C)(C)CC2)C1. The van der Waals surface area contributed by atoms with Gasteiger partial charge in [-0.1, -0.05) is 13.8 Å². The topological polar surface area (TPSA) is 15.3 Å². The van der Waals surface area contributed by atoms with E-state index in [4.69, 9.17) is 0 Å². The van der Waals surface area contributed by atoms with Crippen molar-refractivity contribution in [2.24, 2.45) is 5.41 Å². The molecule has 0 aromatic rings. The van der Waals surface area contributed by atoms with Gasteiger partial charge in [0.1, 0.15) is 0 Å². The minimum Gasteiger partial charge on any atom is -0.310 e. The molecule has 1 aliphatic carbocycles. The summed E-state index contributed by atoms with van der Waals surface area (Å²) in [6, 6.07) is 1.57. The molecule has 2 nitrogen and oxygen atoms in total. The number of rotatable bonds is 2. The summed E-state index contributed by atoms with van der Waals surface area (Å²) in [4.78, 5) is 2.43. The van der Waals surface area contributed by atoms with Crippen LogP contribution in [0.15, 0.2) is 0 Å². The standard InChI is InChI=1S/C13H26N2/c1-13(2)7-4-11(5-8-13)14-12-6-9-15(3)10-12/h11-12,14H,4-10H2,1-3H3/t12-/m1/s1. The van der Waals surface area contributed by atoms with E-state index >= 15 is 0 Å². The summed E-state index contributed by atoms with van der Waals surface area (Å²) in [5.74, 6) is 0. The number of hydrogen-bond donors (Lipinski definition) is 1. The van der Waals surface area contributed by atoms with Crippen LogP contribution in [0.3, 0.4) is 0 Å². The molecule has 0 radical (unpaired) electrons. The van der Waals surface area contributed by atoms with Gasteiger partial charge in [0.25, 0.3) is 0 Å². The molecule has 1 atom stereocenters. The fraction of sp³-hybridized carbons (Fsp3) is 1.00. The van der Waals surface area contributed by atoms with Crippen LogP contribution in [-0.2, 0) is 0 Å². The molecule has 0 bridgehead atoms. The quantitative estimate of drug-likeness (QED) is 0.752. The Hall–Kier alpha value is -0.0800. The molecule has 1 saturated heterocycles. The van der Waals surface area contributed by atoms with Gasteiger partial charge in [0.05, 0.1) is 0 Å². The number of likely N-dealkylation sites (tertiary alicyclic amines) is 1. The average molecular weight is 210 g/mol. The molecule has 1 aliphatic heterocycles. The Kier molecular flexibility index (Phi) is 3.36. The molecular weight excluding hydrogens is 184 g/mol. The number of hydrogen-bond acceptors (Lipinski definition) is 2. The molecular formula is C13H26N2. The van der Waals surface area contributed by atoms with Crippen molar-refractivity contribution in [2.75, 3.05) is 20.1 Å². The van der Waals surface area contributed by atoms with E-state index in [1.807, 2.05) is 0 Å². The van der Waals surface area contributed by atoms with E-state index < -0.39 is 0 Å². The van der Waals surface area contributed by atoms with Gasteiger partial charge < -0.3 is 10.2 Å². The predicted molar refractivity (Wildman–Crippen MR) is 65.1 cm³/mol. The molecule has 0 amide bonds. The van der Waals surface area contributed by atoms with Crippen molar-refractivity contribution >= 4 is 0 Å². The third kappa shape index (κ3) is 3.18. The van der Waals surface area contributed by atoms with E-state index in [1.54, 1.807) is 0 Å². The van der Waals surface area contributed by atoms with Crippen molar-refractivity contribution in [3.8, 4) is 0 Å². The molecule has 2 heteroatoms. The molecule has 2 fully saturated rings. The molecule has 0 spiro atoms. The second kappa shape index (κ2) is 4.42. The van der Waals surface area contributed by atoms with Gasteiger partial charge in [0, 0.05) is 18.6 Å². The van der Waals surface area contributed by atoms with Gasteiger partial charge in [0.15, 0.2) is 0 Å². The van der Waals surface area contributed by atoms with E-state index in [0.717, 1.165) is 12.1 Å². The molecule has 2 rings (SSSR count). The molecule has 0 unspecified atom stereocenters. The average Bonchev–Trinajstić information content (AvgIpc) is 2.55. The Balaban J connectivity index is 1.73. The maximum atomic E-state index is 3.84. The van der Waals surface area contributed by atoms with Crippen molar-refractivity contribution in [3.05, 3.63) is 0 Å². The van der Waals surface area contributed by atoms with E-state index in [2.05, 4.69) is 31.1 Å². The number of likely N-dealkylation sites (N-methyl/N-ethyl adjacent to an activating group) is 1. The second-order valence-electron chi connectivity index (χ2n) is 6.35. The summed E-state index contributed by atoms with van der Waals surface area (Å²) in [6.45, 7) is 7.34. The first-order valence-electron chi connectivity index (χ1n) is 6.50. The zero-order valence-corrected chi connectivity index (χ0v) is 10.6. The van der Waals surface area contributed by atoms with Crippen LogP contribution in [-0.4, -0.2) is 37.1 Å². The van der Waals surface area contributed by atoms with Crippen LogP contribution in [0.2, 0.25) is 0 Å². The molecule has 2 aliphatic rings. The van der Waals surface area contributed by atoms with Crippen molar-refractivity contribution in [3.63, 3.8) is 0 Å². The van der Waals surface area contributed by atoms with Gasteiger partial charge in [-0.2, -0.15) is 0 Å². The lowest BCUT2D eigenvalue weighted by Crippen LogP contribution is -2.42. The summed E-state index contributed by atoms with van der Waals surface area (Å²) >= 11 is 0. The Morgan fingerprint density at radius 3 is 2.27 bits per heavy atom. The van der Waals surface area contributed by atoms with Crippen LogP contribution in [0.5, 0.6) is 0 Å². The van der Waals surface area contributed by atoms with Crippen LogP contribution in [0.4, 0.5) is 0 Å². The number of nitrogens with zero attached hydrogens (tertiary/aromatic N) is 1. The van der Waals surface area contributed by atoms with Crippen molar-refractivity contribution in [1.82, 2.24) is 10.2 Å². The monoisotopic (exact) mass is 210 g/mol. The van der Waals surface area contributed by atoms with Crippen LogP contribution >= 0.6 is 0 Å². The van der Waals surface area contributed by atoms with Crippen LogP contribution in [0.25, 0.3) is 0 Å². The molecule has 1 heterocycles. The number of nitrogens with one attached hydrogen (secondary N) is 1. The van der Waals surface area contributed by atoms with Crippen molar-refractivity contribution < 1.29 is 0 Å². The molecule has 15 heavy (non-hydrogen) atoms. The van der Waals surface area contributed by atoms with Gasteiger partial charge in [-0.25, -0.2) is 0 Å². The molecule has 1 saturated carbocycles. The predicted octanol–water partition coefficient (Wildman–Crippen LogP) is 2.25. The lowest BCUT2D eigenvalue weighted by Gasteiger charge is -2.36. The second-order valence-corrected chi connectivity index (χ2v) is 6.35. The molecule has 0 aromatic carbocycles. The van der Waals surface area contributed by atoms with Gasteiger partial charge in [0.2, 0.25) is 0 Å². The van der Waals surface area contributed by atoms with Gasteiger partial charge in [-0.15, -0.1) is 0 Å². The molecule has 0 aromatic heterocycles. The third-order valence-electron chi connectivity index (χ3n) is 4.20. The Morgan fingerprint density at radius 1 is 1.07 bits per heavy atom. The van der Waals surface area contributed by atoms with Gasteiger partial charge in [-0.05, 0) is 51.1 Å². The van der Waals surface area contributed by atoms with Crippen LogP contribution < -0.4 is 5.32 Å². The highest BCUT2D eigenvalue weighted by molar-refractivity contribution is 4.87. The van der Waals surface area contributed by atoms with E-state index in [1.165, 1.54) is 45.2 Å². The van der Waals surface area contributed by atoms with E-state index in [9.17, 15) is 0 Å². The molecule has 88 valence electrons. The lowest BCUT2D eigenvalue weighted by atomic mass is 9.75. The first-order chi connectivity index (χ1) is 7.05. The first-order valence-corrected chi connectivity index (χ1v) is 6.50. The smallest absolute Gasteiger partial charge is 0.0209 e.